The van der Waals surface area contributed by atoms with Gasteiger partial charge in [-0.05, 0) is 24.3 Å². The number of nitrogens with zero attached hydrogens (tertiary/aromatic N) is 2. The second-order valence-corrected chi connectivity index (χ2v) is 7.46. The smallest absolute Gasteiger partial charge is 0.268 e. The summed E-state index contributed by atoms with van der Waals surface area (Å²) in [6, 6.07) is 16.1. The maximum absolute atomic E-state index is 12.9. The van der Waals surface area contributed by atoms with Crippen LogP contribution in [-0.4, -0.2) is 72.7 Å². The van der Waals surface area contributed by atoms with Crippen LogP contribution >= 0.6 is 0 Å². The van der Waals surface area contributed by atoms with Gasteiger partial charge in [0.2, 0.25) is 5.91 Å². The van der Waals surface area contributed by atoms with Crippen LogP contribution in [0.4, 0.5) is 5.69 Å². The SMILES string of the molecule is COc1ccccc1N1CCN(C(=O)C(CO)NC(=O)c2cc3ccccc3[nH]2)CC1. The van der Waals surface area contributed by atoms with Crippen molar-refractivity contribution in [1.29, 1.82) is 0 Å². The van der Waals surface area contributed by atoms with Gasteiger partial charge < -0.3 is 29.9 Å². The number of aromatic amines is 1. The van der Waals surface area contributed by atoms with Crippen molar-refractivity contribution in [2.24, 2.45) is 0 Å². The number of aromatic nitrogens is 1. The minimum atomic E-state index is -0.989. The Hall–Kier alpha value is -3.52. The number of benzene rings is 2. The van der Waals surface area contributed by atoms with Crippen LogP contribution in [0.3, 0.4) is 0 Å². The number of hydrogen-bond acceptors (Lipinski definition) is 5. The largest absolute Gasteiger partial charge is 0.495 e. The van der Waals surface area contributed by atoms with Crippen LogP contribution in [0, 0.1) is 0 Å². The summed E-state index contributed by atoms with van der Waals surface area (Å²) in [5, 5.41) is 13.3. The summed E-state index contributed by atoms with van der Waals surface area (Å²) in [6.07, 6.45) is 0. The molecule has 4 rings (SSSR count). The summed E-state index contributed by atoms with van der Waals surface area (Å²) in [5.41, 5.74) is 2.18. The number of para-hydroxylation sites is 3. The van der Waals surface area contributed by atoms with Crippen LogP contribution < -0.4 is 15.0 Å². The molecule has 8 nitrogen and oxygen atoms in total. The van der Waals surface area contributed by atoms with Crippen LogP contribution in [0.15, 0.2) is 54.6 Å². The molecule has 2 amide bonds. The highest BCUT2D eigenvalue weighted by atomic mass is 16.5. The molecule has 1 fully saturated rings. The van der Waals surface area contributed by atoms with E-state index in [0.29, 0.717) is 31.9 Å². The number of methoxy groups -OCH3 is 1. The molecule has 0 radical (unpaired) electrons. The molecule has 1 unspecified atom stereocenters. The van der Waals surface area contributed by atoms with E-state index in [-0.39, 0.29) is 5.91 Å². The van der Waals surface area contributed by atoms with E-state index in [4.69, 9.17) is 4.74 Å². The van der Waals surface area contributed by atoms with Crippen LogP contribution in [0.5, 0.6) is 5.75 Å². The van der Waals surface area contributed by atoms with Crippen molar-refractivity contribution in [3.63, 3.8) is 0 Å². The number of carbonyl (C=O) groups excluding carboxylic acids is 2. The summed E-state index contributed by atoms with van der Waals surface area (Å²) >= 11 is 0. The minimum Gasteiger partial charge on any atom is -0.495 e. The maximum Gasteiger partial charge on any atom is 0.268 e. The van der Waals surface area contributed by atoms with E-state index in [9.17, 15) is 14.7 Å². The molecule has 0 saturated carbocycles. The topological polar surface area (TPSA) is 97.9 Å². The van der Waals surface area contributed by atoms with Gasteiger partial charge in [0, 0.05) is 37.1 Å². The number of hydrogen-bond donors (Lipinski definition) is 3. The molecule has 1 aromatic heterocycles. The van der Waals surface area contributed by atoms with Gasteiger partial charge in [0.15, 0.2) is 0 Å². The Balaban J connectivity index is 1.38. The molecule has 0 bridgehead atoms. The van der Waals surface area contributed by atoms with Gasteiger partial charge in [-0.3, -0.25) is 9.59 Å². The van der Waals surface area contributed by atoms with Crippen molar-refractivity contribution in [2.45, 2.75) is 6.04 Å². The summed E-state index contributed by atoms with van der Waals surface area (Å²) in [4.78, 5) is 32.5. The van der Waals surface area contributed by atoms with Crippen molar-refractivity contribution in [2.75, 3.05) is 44.8 Å². The second-order valence-electron chi connectivity index (χ2n) is 7.46. The molecule has 3 N–H and O–H groups in total. The van der Waals surface area contributed by atoms with E-state index >= 15 is 0 Å². The number of ether oxygens (including phenoxy) is 1. The van der Waals surface area contributed by atoms with Crippen molar-refractivity contribution in [1.82, 2.24) is 15.2 Å². The molecule has 0 aliphatic carbocycles. The fraction of sp³-hybridized carbons (Fsp3) is 0.304. The molecule has 1 atom stereocenters. The predicted octanol–water partition coefficient (Wildman–Crippen LogP) is 1.62. The number of fused-ring (bicyclic) bond motifs is 1. The summed E-state index contributed by atoms with van der Waals surface area (Å²) < 4.78 is 5.43. The van der Waals surface area contributed by atoms with E-state index in [1.807, 2.05) is 48.5 Å². The number of amides is 2. The van der Waals surface area contributed by atoms with E-state index in [1.165, 1.54) is 0 Å². The van der Waals surface area contributed by atoms with Gasteiger partial charge in [-0.15, -0.1) is 0 Å². The van der Waals surface area contributed by atoms with E-state index in [1.54, 1.807) is 18.1 Å². The van der Waals surface area contributed by atoms with Crippen molar-refractivity contribution in [3.05, 3.63) is 60.3 Å². The van der Waals surface area contributed by atoms with E-state index in [2.05, 4.69) is 15.2 Å². The van der Waals surface area contributed by atoms with Gasteiger partial charge in [-0.25, -0.2) is 0 Å². The average Bonchev–Trinajstić information content (AvgIpc) is 3.26. The van der Waals surface area contributed by atoms with E-state index in [0.717, 1.165) is 22.3 Å². The second kappa shape index (κ2) is 9.09. The number of aliphatic hydroxyl groups is 1. The molecule has 8 heteroatoms. The normalized spacial score (nSPS) is 15.0. The molecule has 2 heterocycles. The Morgan fingerprint density at radius 2 is 1.81 bits per heavy atom. The fourth-order valence-corrected chi connectivity index (χ4v) is 3.90. The third-order valence-corrected chi connectivity index (χ3v) is 5.58. The van der Waals surface area contributed by atoms with Crippen LogP contribution in [0.2, 0.25) is 0 Å². The Bertz CT molecular complexity index is 1040. The first kappa shape index (κ1) is 20.7. The molecule has 162 valence electrons. The van der Waals surface area contributed by atoms with Crippen molar-refractivity contribution in [3.8, 4) is 5.75 Å². The molecule has 3 aromatic rings. The first-order chi connectivity index (χ1) is 15.1. The van der Waals surface area contributed by atoms with Crippen LogP contribution in [0.25, 0.3) is 10.9 Å². The number of rotatable bonds is 6. The van der Waals surface area contributed by atoms with Gasteiger partial charge in [-0.1, -0.05) is 30.3 Å². The quantitative estimate of drug-likeness (QED) is 0.561. The molecule has 0 spiro atoms. The van der Waals surface area contributed by atoms with Gasteiger partial charge in [-0.2, -0.15) is 0 Å². The molecular weight excluding hydrogens is 396 g/mol. The Kier molecular flexibility index (Phi) is 6.08. The third kappa shape index (κ3) is 4.34. The molecule has 1 aliphatic rings. The minimum absolute atomic E-state index is 0.286. The number of piperazine rings is 1. The molecule has 2 aromatic carbocycles. The first-order valence-corrected chi connectivity index (χ1v) is 10.3. The third-order valence-electron chi connectivity index (χ3n) is 5.58. The maximum atomic E-state index is 12.9. The zero-order valence-electron chi connectivity index (χ0n) is 17.4. The number of anilines is 1. The predicted molar refractivity (Wildman–Crippen MR) is 118 cm³/mol. The lowest BCUT2D eigenvalue weighted by Gasteiger charge is -2.37. The number of nitrogens with one attached hydrogen (secondary N) is 2. The van der Waals surface area contributed by atoms with Crippen LogP contribution in [0.1, 0.15) is 10.5 Å². The number of carbonyl (C=O) groups is 2. The summed E-state index contributed by atoms with van der Waals surface area (Å²) in [7, 11) is 1.64. The highest BCUT2D eigenvalue weighted by molar-refractivity contribution is 6.00. The zero-order chi connectivity index (χ0) is 21.8. The van der Waals surface area contributed by atoms with Gasteiger partial charge in [0.25, 0.3) is 5.91 Å². The summed E-state index contributed by atoms with van der Waals surface area (Å²) in [5.74, 6) is 0.0870. The fourth-order valence-electron chi connectivity index (χ4n) is 3.90. The van der Waals surface area contributed by atoms with Crippen LogP contribution in [-0.2, 0) is 4.79 Å². The average molecular weight is 422 g/mol. The Labute approximate surface area is 180 Å². The molecule has 31 heavy (non-hydrogen) atoms. The zero-order valence-corrected chi connectivity index (χ0v) is 17.4. The number of H-pyrrole nitrogens is 1. The summed E-state index contributed by atoms with van der Waals surface area (Å²) in [6.45, 7) is 1.81. The highest BCUT2D eigenvalue weighted by Gasteiger charge is 2.29. The van der Waals surface area contributed by atoms with Gasteiger partial charge >= 0.3 is 0 Å². The van der Waals surface area contributed by atoms with Gasteiger partial charge in [0.05, 0.1) is 19.4 Å². The van der Waals surface area contributed by atoms with Crippen molar-refractivity contribution >= 4 is 28.4 Å². The molecule has 1 aliphatic heterocycles. The molecule has 1 saturated heterocycles. The Morgan fingerprint density at radius 1 is 1.10 bits per heavy atom. The first-order valence-electron chi connectivity index (χ1n) is 10.3. The lowest BCUT2D eigenvalue weighted by atomic mass is 10.2. The highest BCUT2D eigenvalue weighted by Crippen LogP contribution is 2.28. The monoisotopic (exact) mass is 422 g/mol. The number of aliphatic hydroxyl groups excluding tert-OH is 1. The Morgan fingerprint density at radius 3 is 2.52 bits per heavy atom. The standard InChI is InChI=1S/C23H26N4O4/c1-31-21-9-5-4-8-20(21)26-10-12-27(13-11-26)23(30)19(15-28)25-22(29)18-14-16-6-2-3-7-17(16)24-18/h2-9,14,19,24,28H,10-13,15H2,1H3,(H,25,29). The molecular formula is C23H26N4O4. The lowest BCUT2D eigenvalue weighted by Crippen LogP contribution is -2.56. The van der Waals surface area contributed by atoms with Crippen molar-refractivity contribution < 1.29 is 19.4 Å². The lowest BCUT2D eigenvalue weighted by molar-refractivity contribution is -0.134. The van der Waals surface area contributed by atoms with E-state index < -0.39 is 18.6 Å². The van der Waals surface area contributed by atoms with Gasteiger partial charge in [0.1, 0.15) is 17.5 Å².